The van der Waals surface area contributed by atoms with E-state index in [0.29, 0.717) is 10.7 Å². The van der Waals surface area contributed by atoms with Crippen molar-refractivity contribution in [2.24, 2.45) is 4.36 Å². The Morgan fingerprint density at radius 3 is 2.29 bits per heavy atom. The van der Waals surface area contributed by atoms with Crippen molar-refractivity contribution < 1.29 is 14.2 Å². The van der Waals surface area contributed by atoms with Crippen molar-refractivity contribution in [3.63, 3.8) is 0 Å². The molecule has 0 aliphatic rings. The Balaban J connectivity index is 2.57. The second-order valence-electron chi connectivity index (χ2n) is 4.56. The molecular weight excluding hydrogens is 354 g/mol. The van der Waals surface area contributed by atoms with Crippen molar-refractivity contribution in [2.75, 3.05) is 12.4 Å². The summed E-state index contributed by atoms with van der Waals surface area (Å²) in [7, 11) is -2.40. The van der Waals surface area contributed by atoms with E-state index in [-0.39, 0.29) is 4.90 Å². The van der Waals surface area contributed by atoms with Crippen molar-refractivity contribution in [1.29, 1.82) is 0 Å². The van der Waals surface area contributed by atoms with Crippen molar-refractivity contribution in [3.8, 4) is 0 Å². The molecule has 0 radical (unpaired) electrons. The lowest BCUT2D eigenvalue weighted by atomic mass is 10.3. The highest BCUT2D eigenvalue weighted by atomic mass is 35.5. The van der Waals surface area contributed by atoms with Gasteiger partial charge in [0.05, 0.1) is 9.82 Å². The molecule has 1 unspecified atom stereocenters. The molecule has 1 atom stereocenters. The average molecular weight is 368 g/mol. The van der Waals surface area contributed by atoms with Crippen molar-refractivity contribution in [3.05, 3.63) is 80.6 Å². The van der Waals surface area contributed by atoms with E-state index in [0.717, 1.165) is 0 Å². The Morgan fingerprint density at radius 1 is 1.21 bits per heavy atom. The van der Waals surface area contributed by atoms with Gasteiger partial charge in [0.15, 0.2) is 9.73 Å². The van der Waals surface area contributed by atoms with Gasteiger partial charge in [-0.15, -0.1) is 0 Å². The number of rotatable bonds is 5. The monoisotopic (exact) mass is 367 g/mol. The van der Waals surface area contributed by atoms with Gasteiger partial charge in [-0.1, -0.05) is 29.8 Å². The van der Waals surface area contributed by atoms with Gasteiger partial charge in [0.2, 0.25) is 0 Å². The first-order valence-electron chi connectivity index (χ1n) is 6.69. The van der Waals surface area contributed by atoms with Crippen LogP contribution in [0.5, 0.6) is 0 Å². The molecule has 0 bridgehead atoms. The van der Waals surface area contributed by atoms with E-state index in [1.807, 2.05) is 0 Å². The van der Waals surface area contributed by atoms with Gasteiger partial charge in [-0.25, -0.2) is 8.57 Å². The molecule has 0 amide bonds. The summed E-state index contributed by atoms with van der Waals surface area (Å²) >= 11 is 5.76. The molecule has 2 rings (SSSR count). The molecule has 0 aliphatic carbocycles. The summed E-state index contributed by atoms with van der Waals surface area (Å²) < 4.78 is 16.8. The first-order valence-corrected chi connectivity index (χ1v) is 8.58. The predicted octanol–water partition coefficient (Wildman–Crippen LogP) is 3.87. The second-order valence-corrected chi connectivity index (χ2v) is 7.28. The van der Waals surface area contributed by atoms with Crippen LogP contribution in [-0.2, 0) is 9.73 Å². The number of aliphatic hydroxyl groups is 1. The van der Waals surface area contributed by atoms with Crippen LogP contribution in [0.15, 0.2) is 74.8 Å². The van der Waals surface area contributed by atoms with Crippen LogP contribution >= 0.6 is 11.6 Å². The zero-order valence-electron chi connectivity index (χ0n) is 12.5. The zero-order chi connectivity index (χ0) is 17.7. The van der Waals surface area contributed by atoms with Gasteiger partial charge in [0.1, 0.15) is 0 Å². The third-order valence-electron chi connectivity index (χ3n) is 3.06. The van der Waals surface area contributed by atoms with Crippen LogP contribution in [0.1, 0.15) is 0 Å². The summed E-state index contributed by atoms with van der Waals surface area (Å²) in [4.78, 5) is 10.7. The predicted molar refractivity (Wildman–Crippen MR) is 92.9 cm³/mol. The molecule has 0 aromatic heterocycles. The number of hydrogen-bond acceptors (Lipinski definition) is 6. The number of nitrogens with zero attached hydrogens (tertiary/aromatic N) is 2. The van der Waals surface area contributed by atoms with E-state index in [1.54, 1.807) is 30.3 Å². The molecule has 2 aromatic carbocycles. The van der Waals surface area contributed by atoms with Crippen LogP contribution < -0.4 is 5.32 Å². The first-order chi connectivity index (χ1) is 11.4. The first kappa shape index (κ1) is 17.8. The fraction of sp³-hybridized carbons (Fsp3) is 0.0667. The molecule has 0 spiro atoms. The summed E-state index contributed by atoms with van der Waals surface area (Å²) in [6.07, 6.45) is 0. The Bertz CT molecular complexity index is 889. The number of benzene rings is 2. The van der Waals surface area contributed by atoms with Crippen LogP contribution in [0.25, 0.3) is 0 Å². The quantitative estimate of drug-likeness (QED) is 0.474. The van der Waals surface area contributed by atoms with Gasteiger partial charge >= 0.3 is 5.03 Å². The third kappa shape index (κ3) is 3.66. The molecule has 0 saturated carbocycles. The fourth-order valence-electron chi connectivity index (χ4n) is 1.95. The molecule has 2 aromatic rings. The number of anilines is 1. The lowest BCUT2D eigenvalue weighted by Crippen LogP contribution is -2.18. The van der Waals surface area contributed by atoms with Gasteiger partial charge in [-0.05, 0) is 36.4 Å². The van der Waals surface area contributed by atoms with Crippen LogP contribution in [0.4, 0.5) is 5.69 Å². The van der Waals surface area contributed by atoms with Gasteiger partial charge < -0.3 is 10.4 Å². The largest absolute Gasteiger partial charge is 0.489 e. The van der Waals surface area contributed by atoms with Crippen molar-refractivity contribution in [1.82, 2.24) is 0 Å². The van der Waals surface area contributed by atoms with E-state index >= 15 is 0 Å². The minimum Gasteiger partial charge on any atom is -0.489 e. The van der Waals surface area contributed by atoms with Gasteiger partial charge in [0.25, 0.3) is 5.88 Å². The van der Waals surface area contributed by atoms with E-state index in [2.05, 4.69) is 9.68 Å². The SMILES string of the molecule is CN=S(=O)(/C(=C(\O)Nc1ccc(Cl)cc1)[N+](=O)[O-])c1ccccc1. The van der Waals surface area contributed by atoms with Crippen LogP contribution in [0, 0.1) is 10.1 Å². The van der Waals surface area contributed by atoms with Gasteiger partial charge in [0, 0.05) is 17.8 Å². The zero-order valence-corrected chi connectivity index (χ0v) is 14.1. The number of nitrogens with one attached hydrogen (secondary N) is 1. The highest BCUT2D eigenvalue weighted by Crippen LogP contribution is 2.25. The number of hydrogen-bond donors (Lipinski definition) is 2. The topological polar surface area (TPSA) is 105 Å². The summed E-state index contributed by atoms with van der Waals surface area (Å²) in [6.45, 7) is 0. The van der Waals surface area contributed by atoms with E-state index in [1.165, 1.54) is 31.3 Å². The summed E-state index contributed by atoms with van der Waals surface area (Å²) in [6, 6.07) is 13.9. The van der Waals surface area contributed by atoms with Gasteiger partial charge in [-0.3, -0.25) is 10.1 Å². The number of halogens is 1. The maximum Gasteiger partial charge on any atom is 0.404 e. The maximum absolute atomic E-state index is 13.1. The third-order valence-corrected chi connectivity index (χ3v) is 5.60. The summed E-state index contributed by atoms with van der Waals surface area (Å²) in [5.41, 5.74) is 0.349. The molecule has 9 heteroatoms. The minimum atomic E-state index is -3.61. The molecule has 0 fully saturated rings. The highest BCUT2D eigenvalue weighted by molar-refractivity contribution is 7.97. The molecule has 7 nitrogen and oxygen atoms in total. The lowest BCUT2D eigenvalue weighted by Gasteiger charge is -2.10. The van der Waals surface area contributed by atoms with Crippen molar-refractivity contribution in [2.45, 2.75) is 4.90 Å². The summed E-state index contributed by atoms with van der Waals surface area (Å²) in [5.74, 6) is -0.846. The Kier molecular flexibility index (Phi) is 5.42. The minimum absolute atomic E-state index is 0.128. The number of nitro groups is 1. The van der Waals surface area contributed by atoms with E-state index in [4.69, 9.17) is 11.6 Å². The Hall–Kier alpha value is -2.58. The Labute approximate surface area is 143 Å². The summed E-state index contributed by atoms with van der Waals surface area (Å²) in [5, 5.41) is 23.6. The van der Waals surface area contributed by atoms with E-state index in [9.17, 15) is 19.4 Å². The smallest absolute Gasteiger partial charge is 0.404 e. The Morgan fingerprint density at radius 2 is 1.79 bits per heavy atom. The van der Waals surface area contributed by atoms with E-state index < -0.39 is 25.6 Å². The normalized spacial score (nSPS) is 14.2. The molecular formula is C15H14ClN3O4S. The maximum atomic E-state index is 13.1. The van der Waals surface area contributed by atoms with Crippen molar-refractivity contribution >= 4 is 27.0 Å². The molecule has 0 saturated heterocycles. The van der Waals surface area contributed by atoms with Crippen LogP contribution in [-0.4, -0.2) is 21.3 Å². The van der Waals surface area contributed by atoms with Crippen LogP contribution in [0.2, 0.25) is 5.02 Å². The number of aliphatic hydroxyl groups excluding tert-OH is 1. The molecule has 0 heterocycles. The lowest BCUT2D eigenvalue weighted by molar-refractivity contribution is -0.414. The standard InChI is InChI=1S/C15H14ClN3O4S/c1-17-24(23,13-5-3-2-4-6-13)15(19(21)22)14(20)18-12-9-7-11(16)8-10-12/h2-10,18,20H,1H3/b15-14-. The molecule has 126 valence electrons. The molecule has 24 heavy (non-hydrogen) atoms. The second kappa shape index (κ2) is 7.33. The van der Waals surface area contributed by atoms with Crippen LogP contribution in [0.3, 0.4) is 0 Å². The average Bonchev–Trinajstić information content (AvgIpc) is 2.57. The molecule has 2 N–H and O–H groups in total. The molecule has 0 aliphatic heterocycles. The van der Waals surface area contributed by atoms with Gasteiger partial charge in [-0.2, -0.15) is 0 Å². The highest BCUT2D eigenvalue weighted by Gasteiger charge is 2.34. The fourth-order valence-corrected chi connectivity index (χ4v) is 3.72.